The average Bonchev–Trinajstić information content (AvgIpc) is 2.38. The van der Waals surface area contributed by atoms with Crippen molar-refractivity contribution in [3.63, 3.8) is 0 Å². The van der Waals surface area contributed by atoms with Gasteiger partial charge in [-0.3, -0.25) is 4.79 Å². The number of rotatable bonds is 5. The molecule has 19 heavy (non-hydrogen) atoms. The van der Waals surface area contributed by atoms with Gasteiger partial charge in [0, 0.05) is 5.56 Å². The first-order valence-corrected chi connectivity index (χ1v) is 5.57. The maximum atomic E-state index is 13.7. The number of nitriles is 1. The van der Waals surface area contributed by atoms with E-state index in [-0.39, 0.29) is 12.0 Å². The summed E-state index contributed by atoms with van der Waals surface area (Å²) in [5, 5.41) is 27.9. The Balaban J connectivity index is 2.85. The van der Waals surface area contributed by atoms with Gasteiger partial charge in [0.1, 0.15) is 11.9 Å². The van der Waals surface area contributed by atoms with Gasteiger partial charge in [-0.15, -0.1) is 0 Å². The molecule has 0 aliphatic heterocycles. The molecule has 0 aromatic heterocycles. The van der Waals surface area contributed by atoms with E-state index in [9.17, 15) is 19.4 Å². The molecule has 0 spiro atoms. The number of carbonyl (C=O) groups excluding carboxylic acids is 1. The lowest BCUT2D eigenvalue weighted by Gasteiger charge is -2.18. The molecular weight excluding hydrogens is 253 g/mol. The maximum absolute atomic E-state index is 13.7. The molecule has 5 nitrogen and oxygen atoms in total. The van der Waals surface area contributed by atoms with Crippen LogP contribution in [0.15, 0.2) is 18.2 Å². The van der Waals surface area contributed by atoms with Crippen molar-refractivity contribution in [2.75, 3.05) is 7.11 Å². The summed E-state index contributed by atoms with van der Waals surface area (Å²) in [6.07, 6.45) is -3.37. The summed E-state index contributed by atoms with van der Waals surface area (Å²) >= 11 is 0. The quantitative estimate of drug-likeness (QED) is 0.772. The van der Waals surface area contributed by atoms with Gasteiger partial charge < -0.3 is 14.9 Å². The molecule has 0 aliphatic carbocycles. The number of esters is 1. The van der Waals surface area contributed by atoms with Crippen molar-refractivity contribution in [1.29, 1.82) is 5.26 Å². The van der Waals surface area contributed by atoms with Crippen LogP contribution in [0.25, 0.3) is 0 Å². The van der Waals surface area contributed by atoms with E-state index in [2.05, 4.69) is 4.74 Å². The molecule has 6 heteroatoms. The van der Waals surface area contributed by atoms with E-state index in [1.54, 1.807) is 0 Å². The monoisotopic (exact) mass is 267 g/mol. The summed E-state index contributed by atoms with van der Waals surface area (Å²) in [4.78, 5) is 11.0. The van der Waals surface area contributed by atoms with Crippen molar-refractivity contribution in [2.45, 2.75) is 25.0 Å². The van der Waals surface area contributed by atoms with Crippen LogP contribution in [0.2, 0.25) is 0 Å². The molecule has 2 N–H and O–H groups in total. The Morgan fingerprint density at radius 1 is 1.53 bits per heavy atom. The first-order valence-electron chi connectivity index (χ1n) is 5.57. The topological polar surface area (TPSA) is 90.6 Å². The summed E-state index contributed by atoms with van der Waals surface area (Å²) in [6, 6.07) is 5.76. The first kappa shape index (κ1) is 15.1. The van der Waals surface area contributed by atoms with E-state index in [1.165, 1.54) is 12.1 Å². The predicted octanol–water partition coefficient (Wildman–Crippen LogP) is 0.849. The molecule has 102 valence electrons. The Bertz CT molecular complexity index is 498. The summed E-state index contributed by atoms with van der Waals surface area (Å²) < 4.78 is 18.1. The van der Waals surface area contributed by atoms with Crippen LogP contribution in [0, 0.1) is 17.1 Å². The number of hydrogen-bond acceptors (Lipinski definition) is 5. The SMILES string of the molecule is COC(=O)CC(O)C(O)c1ccc(CC#N)cc1F. The molecule has 0 amide bonds. The zero-order valence-electron chi connectivity index (χ0n) is 10.3. The first-order chi connectivity index (χ1) is 8.99. The molecule has 0 radical (unpaired) electrons. The van der Waals surface area contributed by atoms with Gasteiger partial charge >= 0.3 is 5.97 Å². The molecule has 1 aromatic carbocycles. The molecular formula is C13H14FNO4. The van der Waals surface area contributed by atoms with Gasteiger partial charge in [0.2, 0.25) is 0 Å². The van der Waals surface area contributed by atoms with E-state index in [1.807, 2.05) is 6.07 Å². The Morgan fingerprint density at radius 3 is 2.74 bits per heavy atom. The fourth-order valence-electron chi connectivity index (χ4n) is 1.58. The van der Waals surface area contributed by atoms with Crippen LogP contribution in [0.3, 0.4) is 0 Å². The minimum Gasteiger partial charge on any atom is -0.469 e. The fourth-order valence-corrected chi connectivity index (χ4v) is 1.58. The van der Waals surface area contributed by atoms with Crippen LogP contribution in [0.5, 0.6) is 0 Å². The van der Waals surface area contributed by atoms with Crippen molar-refractivity contribution in [3.05, 3.63) is 35.1 Å². The summed E-state index contributed by atoms with van der Waals surface area (Å²) in [7, 11) is 1.15. The van der Waals surface area contributed by atoms with Gasteiger partial charge in [-0.25, -0.2) is 4.39 Å². The fraction of sp³-hybridized carbons (Fsp3) is 0.385. The molecule has 0 heterocycles. The van der Waals surface area contributed by atoms with E-state index < -0.39 is 30.4 Å². The van der Waals surface area contributed by atoms with Crippen LogP contribution in [-0.4, -0.2) is 29.4 Å². The predicted molar refractivity (Wildman–Crippen MR) is 63.3 cm³/mol. The molecule has 1 aromatic rings. The minimum absolute atomic E-state index is 0.0536. The number of carbonyl (C=O) groups is 1. The molecule has 1 rings (SSSR count). The normalized spacial score (nSPS) is 13.4. The number of methoxy groups -OCH3 is 1. The number of nitrogens with zero attached hydrogens (tertiary/aromatic N) is 1. The number of benzene rings is 1. The molecule has 0 bridgehead atoms. The second kappa shape index (κ2) is 6.83. The molecule has 2 unspecified atom stereocenters. The van der Waals surface area contributed by atoms with E-state index in [0.717, 1.165) is 13.2 Å². The van der Waals surface area contributed by atoms with E-state index >= 15 is 0 Å². The van der Waals surface area contributed by atoms with E-state index in [4.69, 9.17) is 5.26 Å². The smallest absolute Gasteiger partial charge is 0.308 e. The van der Waals surface area contributed by atoms with Crippen LogP contribution >= 0.6 is 0 Å². The average molecular weight is 267 g/mol. The zero-order valence-corrected chi connectivity index (χ0v) is 10.3. The zero-order chi connectivity index (χ0) is 14.4. The standard InChI is InChI=1S/C13H14FNO4/c1-19-12(17)7-11(16)13(18)9-3-2-8(4-5-15)6-10(9)14/h2-3,6,11,13,16,18H,4,7H2,1H3. The maximum Gasteiger partial charge on any atom is 0.308 e. The summed E-state index contributed by atoms with van der Waals surface area (Å²) in [5.41, 5.74) is 0.344. The second-order valence-electron chi connectivity index (χ2n) is 3.98. The van der Waals surface area contributed by atoms with Gasteiger partial charge in [-0.05, 0) is 11.6 Å². The second-order valence-corrected chi connectivity index (χ2v) is 3.98. The number of aliphatic hydroxyl groups is 2. The molecule has 0 fully saturated rings. The Morgan fingerprint density at radius 2 is 2.21 bits per heavy atom. The highest BCUT2D eigenvalue weighted by molar-refractivity contribution is 5.69. The third kappa shape index (κ3) is 4.02. The van der Waals surface area contributed by atoms with Crippen LogP contribution < -0.4 is 0 Å². The lowest BCUT2D eigenvalue weighted by atomic mass is 9.99. The van der Waals surface area contributed by atoms with Crippen LogP contribution in [0.1, 0.15) is 23.7 Å². The van der Waals surface area contributed by atoms with Gasteiger partial charge in [-0.2, -0.15) is 5.26 Å². The van der Waals surface area contributed by atoms with Gasteiger partial charge in [-0.1, -0.05) is 12.1 Å². The highest BCUT2D eigenvalue weighted by Gasteiger charge is 2.24. The Kier molecular flexibility index (Phi) is 5.42. The number of ether oxygens (including phenoxy) is 1. The van der Waals surface area contributed by atoms with Crippen molar-refractivity contribution >= 4 is 5.97 Å². The molecule has 0 aliphatic rings. The lowest BCUT2D eigenvalue weighted by molar-refractivity contribution is -0.144. The third-order valence-electron chi connectivity index (χ3n) is 2.63. The molecule has 0 saturated heterocycles. The van der Waals surface area contributed by atoms with Crippen LogP contribution in [-0.2, 0) is 16.0 Å². The number of aliphatic hydroxyl groups excluding tert-OH is 2. The van der Waals surface area contributed by atoms with Crippen molar-refractivity contribution in [2.24, 2.45) is 0 Å². The van der Waals surface area contributed by atoms with Crippen molar-refractivity contribution in [3.8, 4) is 6.07 Å². The number of halogens is 1. The minimum atomic E-state index is -1.53. The Labute approximate surface area is 109 Å². The van der Waals surface area contributed by atoms with Crippen LogP contribution in [0.4, 0.5) is 4.39 Å². The molecule has 2 atom stereocenters. The van der Waals surface area contributed by atoms with Crippen molar-refractivity contribution < 1.29 is 24.1 Å². The summed E-state index contributed by atoms with van der Waals surface area (Å²) in [5.74, 6) is -1.43. The van der Waals surface area contributed by atoms with Crippen molar-refractivity contribution in [1.82, 2.24) is 0 Å². The molecule has 0 saturated carbocycles. The van der Waals surface area contributed by atoms with Gasteiger partial charge in [0.25, 0.3) is 0 Å². The van der Waals surface area contributed by atoms with Gasteiger partial charge in [0.05, 0.1) is 32.1 Å². The highest BCUT2D eigenvalue weighted by Crippen LogP contribution is 2.23. The lowest BCUT2D eigenvalue weighted by Crippen LogP contribution is -2.23. The number of hydrogen-bond donors (Lipinski definition) is 2. The largest absolute Gasteiger partial charge is 0.469 e. The van der Waals surface area contributed by atoms with E-state index in [0.29, 0.717) is 5.56 Å². The third-order valence-corrected chi connectivity index (χ3v) is 2.63. The summed E-state index contributed by atoms with van der Waals surface area (Å²) in [6.45, 7) is 0. The Hall–Kier alpha value is -1.97. The highest BCUT2D eigenvalue weighted by atomic mass is 19.1. The van der Waals surface area contributed by atoms with Gasteiger partial charge in [0.15, 0.2) is 0 Å².